The molecule has 3 aromatic rings. The fraction of sp³-hybridized carbons (Fsp3) is 0.320. The quantitative estimate of drug-likeness (QED) is 0.544. The molecule has 0 saturated carbocycles. The van der Waals surface area contributed by atoms with Gasteiger partial charge < -0.3 is 9.84 Å². The molecule has 0 radical (unpaired) electrons. The van der Waals surface area contributed by atoms with E-state index in [0.717, 1.165) is 41.7 Å². The summed E-state index contributed by atoms with van der Waals surface area (Å²) in [5.74, 6) is 0.968. The molecule has 1 aromatic heterocycles. The second-order valence-electron chi connectivity index (χ2n) is 7.77. The minimum Gasteiger partial charge on any atom is -0.334 e. The number of hydrogen-bond donors (Lipinski definition) is 1. The van der Waals surface area contributed by atoms with Gasteiger partial charge in [-0.1, -0.05) is 80.0 Å². The maximum absolute atomic E-state index is 12.9. The first-order chi connectivity index (χ1) is 15.1. The third kappa shape index (κ3) is 4.24. The largest absolute Gasteiger partial charge is 0.334 e. The number of allylic oxidation sites excluding steroid dienone is 1. The van der Waals surface area contributed by atoms with Crippen molar-refractivity contribution in [3.05, 3.63) is 77.3 Å². The Balaban J connectivity index is 1.78. The van der Waals surface area contributed by atoms with Crippen LogP contribution in [-0.4, -0.2) is 27.6 Å². The number of carbonyl (C=O) groups is 1. The number of carbonyl (C=O) groups excluding carboxylic acids is 1. The zero-order valence-electron chi connectivity index (χ0n) is 18.3. The lowest BCUT2D eigenvalue weighted by molar-refractivity contribution is 0.204. The summed E-state index contributed by atoms with van der Waals surface area (Å²) < 4.78 is 5.72. The highest BCUT2D eigenvalue weighted by atomic mass is 16.5. The Labute approximate surface area is 183 Å². The fourth-order valence-electron chi connectivity index (χ4n) is 3.88. The van der Waals surface area contributed by atoms with Crippen LogP contribution in [0, 0.1) is 0 Å². The van der Waals surface area contributed by atoms with Crippen LogP contribution in [0.15, 0.2) is 64.8 Å². The zero-order valence-corrected chi connectivity index (χ0v) is 18.3. The molecular weight excluding hydrogens is 388 g/mol. The molecule has 1 atom stereocenters. The number of rotatable bonds is 7. The van der Waals surface area contributed by atoms with Crippen molar-refractivity contribution in [2.24, 2.45) is 0 Å². The molecular formula is C25H28N4O2. The summed E-state index contributed by atoms with van der Waals surface area (Å²) in [5, 5.41) is 7.36. The molecule has 31 heavy (non-hydrogen) atoms. The first kappa shape index (κ1) is 20.8. The van der Waals surface area contributed by atoms with Crippen molar-refractivity contribution in [1.29, 1.82) is 0 Å². The van der Waals surface area contributed by atoms with Gasteiger partial charge in [0.25, 0.3) is 5.89 Å². The first-order valence-corrected chi connectivity index (χ1v) is 10.9. The van der Waals surface area contributed by atoms with Crippen molar-refractivity contribution >= 4 is 11.6 Å². The summed E-state index contributed by atoms with van der Waals surface area (Å²) in [7, 11) is 0. The number of amides is 2. The standard InChI is InChI=1S/C25H28N4O2/c1-4-6-16-29-17(3)21(24-27-23(28-31-24)20-10-8-7-9-11-20)22(26-25(29)30)19-14-12-18(5-2)13-15-19/h7-15,22H,4-6,16H2,1-3H3,(H,26,30). The van der Waals surface area contributed by atoms with Gasteiger partial charge in [0, 0.05) is 17.8 Å². The van der Waals surface area contributed by atoms with E-state index in [2.05, 4.69) is 48.6 Å². The maximum Gasteiger partial charge on any atom is 0.322 e. The molecule has 1 N–H and O–H groups in total. The topological polar surface area (TPSA) is 71.3 Å². The van der Waals surface area contributed by atoms with Crippen LogP contribution in [0.5, 0.6) is 0 Å². The summed E-state index contributed by atoms with van der Waals surface area (Å²) in [4.78, 5) is 19.4. The van der Waals surface area contributed by atoms with Crippen LogP contribution >= 0.6 is 0 Å². The molecule has 2 heterocycles. The Bertz CT molecular complexity index is 1070. The van der Waals surface area contributed by atoms with Crippen molar-refractivity contribution in [1.82, 2.24) is 20.4 Å². The van der Waals surface area contributed by atoms with Gasteiger partial charge in [0.1, 0.15) is 0 Å². The summed E-state index contributed by atoms with van der Waals surface area (Å²) in [6.45, 7) is 6.86. The van der Waals surface area contributed by atoms with Crippen LogP contribution < -0.4 is 5.32 Å². The summed E-state index contributed by atoms with van der Waals surface area (Å²) in [6.07, 6.45) is 2.90. The lowest BCUT2D eigenvalue weighted by Gasteiger charge is -2.35. The Hall–Kier alpha value is -3.41. The van der Waals surface area contributed by atoms with Crippen LogP contribution in [0.2, 0.25) is 0 Å². The molecule has 1 unspecified atom stereocenters. The predicted molar refractivity (Wildman–Crippen MR) is 121 cm³/mol. The van der Waals surface area contributed by atoms with Gasteiger partial charge in [0.2, 0.25) is 5.82 Å². The molecule has 0 spiro atoms. The number of unbranched alkanes of at least 4 members (excludes halogenated alkanes) is 1. The van der Waals surface area contributed by atoms with Crippen molar-refractivity contribution in [2.75, 3.05) is 6.54 Å². The van der Waals surface area contributed by atoms with Crippen molar-refractivity contribution in [3.8, 4) is 11.4 Å². The fourth-order valence-corrected chi connectivity index (χ4v) is 3.88. The lowest BCUT2D eigenvalue weighted by Crippen LogP contribution is -2.46. The van der Waals surface area contributed by atoms with Crippen molar-refractivity contribution in [2.45, 2.75) is 46.1 Å². The van der Waals surface area contributed by atoms with Gasteiger partial charge in [0.05, 0.1) is 11.6 Å². The SMILES string of the molecule is CCCCN1C(=O)NC(c2ccc(CC)cc2)C(c2nc(-c3ccccc3)no2)=C1C. The Morgan fingerprint density at radius 3 is 2.48 bits per heavy atom. The van der Waals surface area contributed by atoms with Crippen molar-refractivity contribution < 1.29 is 9.32 Å². The smallest absolute Gasteiger partial charge is 0.322 e. The predicted octanol–water partition coefficient (Wildman–Crippen LogP) is 5.60. The van der Waals surface area contributed by atoms with Gasteiger partial charge in [-0.15, -0.1) is 0 Å². The Morgan fingerprint density at radius 1 is 1.06 bits per heavy atom. The molecule has 160 valence electrons. The third-order valence-electron chi connectivity index (χ3n) is 5.74. The highest BCUT2D eigenvalue weighted by Crippen LogP contribution is 2.37. The molecule has 0 fully saturated rings. The number of nitrogens with zero attached hydrogens (tertiary/aromatic N) is 3. The molecule has 4 rings (SSSR count). The van der Waals surface area contributed by atoms with Crippen molar-refractivity contribution in [3.63, 3.8) is 0 Å². The van der Waals surface area contributed by atoms with E-state index in [4.69, 9.17) is 9.51 Å². The van der Waals surface area contributed by atoms with E-state index in [1.54, 1.807) is 4.90 Å². The molecule has 2 amide bonds. The van der Waals surface area contributed by atoms with Crippen LogP contribution in [0.4, 0.5) is 4.79 Å². The molecule has 6 nitrogen and oxygen atoms in total. The molecule has 6 heteroatoms. The molecule has 0 saturated heterocycles. The number of urea groups is 1. The van der Waals surface area contributed by atoms with Crippen LogP contribution in [0.1, 0.15) is 56.7 Å². The summed E-state index contributed by atoms with van der Waals surface area (Å²) in [6, 6.07) is 17.6. The van der Waals surface area contributed by atoms with E-state index in [0.29, 0.717) is 18.3 Å². The van der Waals surface area contributed by atoms with Gasteiger partial charge in [-0.25, -0.2) is 4.79 Å². The first-order valence-electron chi connectivity index (χ1n) is 10.9. The number of aryl methyl sites for hydroxylation is 1. The summed E-state index contributed by atoms with van der Waals surface area (Å²) >= 11 is 0. The second kappa shape index (κ2) is 9.16. The van der Waals surface area contributed by atoms with E-state index in [1.807, 2.05) is 37.3 Å². The molecule has 0 aliphatic carbocycles. The van der Waals surface area contributed by atoms with Crippen LogP contribution in [-0.2, 0) is 6.42 Å². The van der Waals surface area contributed by atoms with E-state index in [9.17, 15) is 4.79 Å². The van der Waals surface area contributed by atoms with E-state index < -0.39 is 0 Å². The number of nitrogens with one attached hydrogen (secondary N) is 1. The monoisotopic (exact) mass is 416 g/mol. The Kier molecular flexibility index (Phi) is 6.16. The van der Waals surface area contributed by atoms with Gasteiger partial charge >= 0.3 is 6.03 Å². The van der Waals surface area contributed by atoms with E-state index in [-0.39, 0.29) is 12.1 Å². The average molecular weight is 417 g/mol. The Morgan fingerprint density at radius 2 is 1.81 bits per heavy atom. The molecule has 2 aromatic carbocycles. The van der Waals surface area contributed by atoms with Crippen LogP contribution in [0.3, 0.4) is 0 Å². The van der Waals surface area contributed by atoms with E-state index >= 15 is 0 Å². The van der Waals surface area contributed by atoms with E-state index in [1.165, 1.54) is 5.56 Å². The van der Waals surface area contributed by atoms with Gasteiger partial charge in [-0.2, -0.15) is 4.98 Å². The molecule has 1 aliphatic heterocycles. The number of benzene rings is 2. The normalized spacial score (nSPS) is 16.5. The molecule has 1 aliphatic rings. The van der Waals surface area contributed by atoms with Crippen LogP contribution in [0.25, 0.3) is 17.0 Å². The van der Waals surface area contributed by atoms with Gasteiger partial charge in [0.15, 0.2) is 0 Å². The van der Waals surface area contributed by atoms with Gasteiger partial charge in [-0.3, -0.25) is 4.90 Å². The highest BCUT2D eigenvalue weighted by molar-refractivity contribution is 5.86. The third-order valence-corrected chi connectivity index (χ3v) is 5.74. The average Bonchev–Trinajstić information content (AvgIpc) is 3.29. The lowest BCUT2D eigenvalue weighted by atomic mass is 9.93. The van der Waals surface area contributed by atoms with Gasteiger partial charge in [-0.05, 0) is 30.9 Å². The second-order valence-corrected chi connectivity index (χ2v) is 7.77. The minimum atomic E-state index is -0.347. The minimum absolute atomic E-state index is 0.0953. The number of hydrogen-bond acceptors (Lipinski definition) is 4. The number of aromatic nitrogens is 2. The zero-order chi connectivity index (χ0) is 21.8. The maximum atomic E-state index is 12.9. The summed E-state index contributed by atoms with van der Waals surface area (Å²) in [5.41, 5.74) is 4.83. The highest BCUT2D eigenvalue weighted by Gasteiger charge is 2.35. The molecule has 0 bridgehead atoms.